The van der Waals surface area contributed by atoms with Crippen molar-refractivity contribution in [1.29, 1.82) is 0 Å². The average molecular weight is 427 g/mol. The van der Waals surface area contributed by atoms with E-state index in [0.717, 1.165) is 6.07 Å². The van der Waals surface area contributed by atoms with Gasteiger partial charge in [-0.25, -0.2) is 9.37 Å². The predicted molar refractivity (Wildman–Crippen MR) is 96.4 cm³/mol. The number of aliphatic hydroxyl groups excluding tert-OH is 1. The first-order valence-corrected chi connectivity index (χ1v) is 8.82. The minimum atomic E-state index is -4.60. The Morgan fingerprint density at radius 3 is 2.80 bits per heavy atom. The highest BCUT2D eigenvalue weighted by atomic mass is 19.4. The van der Waals surface area contributed by atoms with E-state index in [1.54, 1.807) is 12.3 Å². The van der Waals surface area contributed by atoms with Crippen LogP contribution in [0.15, 0.2) is 30.7 Å². The van der Waals surface area contributed by atoms with Crippen molar-refractivity contribution < 1.29 is 32.2 Å². The number of carbonyl (C=O) groups excluding carboxylic acids is 1. The molecule has 0 fully saturated rings. The van der Waals surface area contributed by atoms with Crippen molar-refractivity contribution in [1.82, 2.24) is 25.1 Å². The van der Waals surface area contributed by atoms with Gasteiger partial charge in [-0.3, -0.25) is 14.5 Å². The van der Waals surface area contributed by atoms with Crippen molar-refractivity contribution in [3.05, 3.63) is 47.8 Å². The van der Waals surface area contributed by atoms with Crippen LogP contribution in [0.5, 0.6) is 5.88 Å². The number of amides is 1. The van der Waals surface area contributed by atoms with Gasteiger partial charge in [0.1, 0.15) is 5.69 Å². The van der Waals surface area contributed by atoms with Gasteiger partial charge in [-0.05, 0) is 24.1 Å². The summed E-state index contributed by atoms with van der Waals surface area (Å²) < 4.78 is 56.3. The molecule has 30 heavy (non-hydrogen) atoms. The molecule has 0 atom stereocenters. The molecule has 3 aromatic heterocycles. The molecule has 0 spiro atoms. The number of aromatic nitrogens is 4. The van der Waals surface area contributed by atoms with Crippen LogP contribution in [0.25, 0.3) is 10.9 Å². The minimum Gasteiger partial charge on any atom is -0.466 e. The molecule has 0 unspecified atom stereocenters. The molecule has 0 radical (unpaired) electrons. The third-order valence-electron chi connectivity index (χ3n) is 3.90. The number of pyridine rings is 2. The molecular weight excluding hydrogens is 410 g/mol. The molecule has 3 rings (SSSR count). The quantitative estimate of drug-likeness (QED) is 0.422. The van der Waals surface area contributed by atoms with Gasteiger partial charge < -0.3 is 15.2 Å². The van der Waals surface area contributed by atoms with Crippen LogP contribution < -0.4 is 10.1 Å². The lowest BCUT2D eigenvalue weighted by molar-refractivity contribution is -0.154. The summed E-state index contributed by atoms with van der Waals surface area (Å²) >= 11 is 0. The Morgan fingerprint density at radius 2 is 2.10 bits per heavy atom. The summed E-state index contributed by atoms with van der Waals surface area (Å²) in [6, 6.07) is 2.61. The summed E-state index contributed by atoms with van der Waals surface area (Å²) in [5, 5.41) is 16.2. The molecule has 3 aromatic rings. The highest BCUT2D eigenvalue weighted by Gasteiger charge is 2.29. The zero-order valence-electron chi connectivity index (χ0n) is 15.5. The summed E-state index contributed by atoms with van der Waals surface area (Å²) in [5.74, 6) is -2.20. The van der Waals surface area contributed by atoms with Crippen LogP contribution in [0.3, 0.4) is 0 Å². The summed E-state index contributed by atoms with van der Waals surface area (Å²) in [4.78, 5) is 19.9. The molecule has 0 saturated heterocycles. The third kappa shape index (κ3) is 5.41. The second kappa shape index (κ2) is 9.03. The van der Waals surface area contributed by atoms with Crippen LogP contribution in [0, 0.1) is 5.82 Å². The number of alkyl halides is 3. The number of ether oxygens (including phenoxy) is 1. The number of aliphatic hydroxyl groups is 1. The van der Waals surface area contributed by atoms with Gasteiger partial charge in [-0.15, -0.1) is 0 Å². The molecule has 0 aliphatic rings. The smallest absolute Gasteiger partial charge is 0.422 e. The molecular formula is C18H17F4N5O3. The molecule has 0 aliphatic heterocycles. The van der Waals surface area contributed by atoms with Gasteiger partial charge >= 0.3 is 6.18 Å². The van der Waals surface area contributed by atoms with Crippen LogP contribution >= 0.6 is 0 Å². The van der Waals surface area contributed by atoms with Gasteiger partial charge in [0.15, 0.2) is 12.4 Å². The number of halogens is 4. The van der Waals surface area contributed by atoms with E-state index in [-0.39, 0.29) is 25.4 Å². The Labute approximate surface area is 167 Å². The number of hydrogen-bond acceptors (Lipinski definition) is 6. The number of rotatable bonds is 8. The van der Waals surface area contributed by atoms with E-state index >= 15 is 0 Å². The van der Waals surface area contributed by atoms with Crippen molar-refractivity contribution in [3.8, 4) is 5.88 Å². The Kier molecular flexibility index (Phi) is 6.45. The maximum absolute atomic E-state index is 14.0. The molecule has 0 aliphatic carbocycles. The lowest BCUT2D eigenvalue weighted by Gasteiger charge is -2.09. The van der Waals surface area contributed by atoms with E-state index in [1.165, 1.54) is 17.1 Å². The fourth-order valence-electron chi connectivity index (χ4n) is 2.62. The fourth-order valence-corrected chi connectivity index (χ4v) is 2.62. The van der Waals surface area contributed by atoms with E-state index in [4.69, 9.17) is 5.11 Å². The topological polar surface area (TPSA) is 102 Å². The van der Waals surface area contributed by atoms with Crippen LogP contribution in [-0.4, -0.2) is 56.7 Å². The van der Waals surface area contributed by atoms with E-state index in [1.807, 2.05) is 0 Å². The van der Waals surface area contributed by atoms with Crippen molar-refractivity contribution in [2.75, 3.05) is 19.8 Å². The van der Waals surface area contributed by atoms with Gasteiger partial charge in [0.25, 0.3) is 11.8 Å². The van der Waals surface area contributed by atoms with Crippen LogP contribution in [-0.2, 0) is 6.54 Å². The minimum absolute atomic E-state index is 0.0551. The van der Waals surface area contributed by atoms with E-state index < -0.39 is 30.4 Å². The van der Waals surface area contributed by atoms with Gasteiger partial charge in [0.05, 0.1) is 17.4 Å². The number of fused-ring (bicyclic) bond motifs is 1. The molecule has 0 aromatic carbocycles. The standard InChI is InChI=1S/C18H17F4N5O3/c19-13-6-11(7-25-17(13)30-10-18(20,21)22)8-27-9-12-14(26-27)2-4-23-15(12)16(29)24-3-1-5-28/h2,4,6-7,9,28H,1,3,5,8,10H2,(H,24,29). The first-order valence-electron chi connectivity index (χ1n) is 8.82. The Bertz CT molecular complexity index is 1040. The Hall–Kier alpha value is -3.28. The second-order valence-electron chi connectivity index (χ2n) is 6.29. The lowest BCUT2D eigenvalue weighted by Crippen LogP contribution is -2.26. The second-order valence-corrected chi connectivity index (χ2v) is 6.29. The molecule has 160 valence electrons. The molecule has 1 amide bonds. The zero-order valence-corrected chi connectivity index (χ0v) is 15.5. The highest BCUT2D eigenvalue weighted by Crippen LogP contribution is 2.21. The van der Waals surface area contributed by atoms with Crippen molar-refractivity contribution in [2.24, 2.45) is 0 Å². The SMILES string of the molecule is O=C(NCCCO)c1nccc2nn(Cc3cnc(OCC(F)(F)F)c(F)c3)cc12. The fraction of sp³-hybridized carbons (Fsp3) is 0.333. The van der Waals surface area contributed by atoms with Crippen molar-refractivity contribution in [3.63, 3.8) is 0 Å². The number of hydrogen-bond donors (Lipinski definition) is 2. The highest BCUT2D eigenvalue weighted by molar-refractivity contribution is 6.04. The maximum atomic E-state index is 14.0. The molecule has 0 bridgehead atoms. The van der Waals surface area contributed by atoms with Crippen molar-refractivity contribution in [2.45, 2.75) is 19.1 Å². The molecule has 12 heteroatoms. The molecule has 8 nitrogen and oxygen atoms in total. The van der Waals surface area contributed by atoms with Crippen LogP contribution in [0.2, 0.25) is 0 Å². The van der Waals surface area contributed by atoms with Crippen LogP contribution in [0.4, 0.5) is 17.6 Å². The number of nitrogens with zero attached hydrogens (tertiary/aromatic N) is 4. The van der Waals surface area contributed by atoms with Gasteiger partial charge in [0.2, 0.25) is 0 Å². The first kappa shape index (κ1) is 21.4. The van der Waals surface area contributed by atoms with E-state index in [2.05, 4.69) is 25.1 Å². The normalized spacial score (nSPS) is 11.6. The largest absolute Gasteiger partial charge is 0.466 e. The number of nitrogens with one attached hydrogen (secondary N) is 1. The summed E-state index contributed by atoms with van der Waals surface area (Å²) in [7, 11) is 0. The average Bonchev–Trinajstić information content (AvgIpc) is 3.09. The predicted octanol–water partition coefficient (Wildman–Crippen LogP) is 2.07. The summed E-state index contributed by atoms with van der Waals surface area (Å²) in [6.45, 7) is -1.35. The Balaban J connectivity index is 1.75. The van der Waals surface area contributed by atoms with Crippen LogP contribution in [0.1, 0.15) is 22.5 Å². The van der Waals surface area contributed by atoms with E-state index in [9.17, 15) is 22.4 Å². The van der Waals surface area contributed by atoms with Crippen molar-refractivity contribution >= 4 is 16.8 Å². The molecule has 0 saturated carbocycles. The molecule has 3 heterocycles. The first-order chi connectivity index (χ1) is 14.3. The third-order valence-corrected chi connectivity index (χ3v) is 3.90. The number of carbonyl (C=O) groups is 1. The van der Waals surface area contributed by atoms with Gasteiger partial charge in [-0.2, -0.15) is 18.3 Å². The summed E-state index contributed by atoms with van der Waals surface area (Å²) in [6.07, 6.45) is -0.0356. The maximum Gasteiger partial charge on any atom is 0.422 e. The Morgan fingerprint density at radius 1 is 1.30 bits per heavy atom. The monoisotopic (exact) mass is 427 g/mol. The van der Waals surface area contributed by atoms with Gasteiger partial charge in [0, 0.05) is 31.7 Å². The summed E-state index contributed by atoms with van der Waals surface area (Å²) in [5.41, 5.74) is 0.967. The van der Waals surface area contributed by atoms with Gasteiger partial charge in [-0.1, -0.05) is 0 Å². The zero-order chi connectivity index (χ0) is 21.7. The molecule has 2 N–H and O–H groups in total. The van der Waals surface area contributed by atoms with E-state index in [0.29, 0.717) is 22.9 Å². The lowest BCUT2D eigenvalue weighted by atomic mass is 10.2.